The minimum Gasteiger partial charge on any atom is -0.369 e. The molecule has 4 aromatic rings. The van der Waals surface area contributed by atoms with E-state index >= 15 is 0 Å². The molecule has 0 aliphatic carbocycles. The van der Waals surface area contributed by atoms with Gasteiger partial charge >= 0.3 is 0 Å². The smallest absolute Gasteiger partial charge is 0.270 e. The number of carbonyl (C=O) groups is 1. The molecule has 1 amide bonds. The number of benzene rings is 2. The summed E-state index contributed by atoms with van der Waals surface area (Å²) in [5.41, 5.74) is 5.34. The number of nitrogens with one attached hydrogen (secondary N) is 1. The third-order valence-corrected chi connectivity index (χ3v) is 6.87. The third kappa shape index (κ3) is 5.37. The highest BCUT2D eigenvalue weighted by Crippen LogP contribution is 2.20. The van der Waals surface area contributed by atoms with Crippen LogP contribution in [0.25, 0.3) is 5.65 Å². The lowest BCUT2D eigenvalue weighted by Crippen LogP contribution is -2.45. The second-order valence-electron chi connectivity index (χ2n) is 9.07. The van der Waals surface area contributed by atoms with Crippen molar-refractivity contribution in [2.24, 2.45) is 0 Å². The quantitative estimate of drug-likeness (QED) is 0.386. The van der Waals surface area contributed by atoms with Crippen molar-refractivity contribution in [3.05, 3.63) is 100 Å². The van der Waals surface area contributed by atoms with Crippen molar-refractivity contribution in [3.63, 3.8) is 0 Å². The normalized spacial score (nSPS) is 14.4. The van der Waals surface area contributed by atoms with Crippen LogP contribution in [0.4, 0.5) is 10.1 Å². The molecule has 0 spiro atoms. The molecule has 0 unspecified atom stereocenters. The van der Waals surface area contributed by atoms with Crippen LogP contribution in [0.2, 0.25) is 5.02 Å². The van der Waals surface area contributed by atoms with Gasteiger partial charge in [-0.15, -0.1) is 0 Å². The Hall–Kier alpha value is -3.42. The molecule has 0 bridgehead atoms. The van der Waals surface area contributed by atoms with Crippen LogP contribution in [0.15, 0.2) is 66.9 Å². The van der Waals surface area contributed by atoms with Gasteiger partial charge in [0.1, 0.15) is 17.2 Å². The van der Waals surface area contributed by atoms with E-state index in [0.29, 0.717) is 29.3 Å². The van der Waals surface area contributed by atoms with E-state index in [1.54, 1.807) is 16.7 Å². The lowest BCUT2D eigenvalue weighted by molar-refractivity contribution is 0.0944. The van der Waals surface area contributed by atoms with Crippen molar-refractivity contribution in [3.8, 4) is 0 Å². The summed E-state index contributed by atoms with van der Waals surface area (Å²) in [6.07, 6.45) is 2.39. The second kappa shape index (κ2) is 10.7. The maximum absolute atomic E-state index is 13.1. The topological polar surface area (TPSA) is 52.9 Å². The zero-order valence-electron chi connectivity index (χ0n) is 20.3. The fourth-order valence-electron chi connectivity index (χ4n) is 4.66. The molecule has 6 nitrogen and oxygen atoms in total. The fourth-order valence-corrected chi connectivity index (χ4v) is 4.82. The van der Waals surface area contributed by atoms with Crippen LogP contribution < -0.4 is 10.2 Å². The van der Waals surface area contributed by atoms with Crippen molar-refractivity contribution in [2.75, 3.05) is 31.1 Å². The Balaban J connectivity index is 1.16. The Labute approximate surface area is 215 Å². The number of hydrogen-bond acceptors (Lipinski definition) is 4. The standard InChI is InChI=1S/C28H29ClFN5O/c1-2-25-27(35-19-22(29)7-12-26(35)32-25)28(36)31-17-20-5-10-24(11-6-20)34-15-13-33(14-16-34)18-21-3-8-23(30)9-4-21/h3-12,19H,2,13-18H2,1H3,(H,31,36). The lowest BCUT2D eigenvalue weighted by Gasteiger charge is -2.36. The molecular formula is C28H29ClFN5O. The summed E-state index contributed by atoms with van der Waals surface area (Å²) < 4.78 is 14.9. The number of aromatic nitrogens is 2. The zero-order chi connectivity index (χ0) is 25.1. The summed E-state index contributed by atoms with van der Waals surface area (Å²) in [6.45, 7) is 7.05. The van der Waals surface area contributed by atoms with Gasteiger partial charge in [0.25, 0.3) is 5.91 Å². The van der Waals surface area contributed by atoms with Crippen molar-refractivity contribution in [1.29, 1.82) is 0 Å². The molecular weight excluding hydrogens is 477 g/mol. The number of rotatable bonds is 7. The van der Waals surface area contributed by atoms with Crippen LogP contribution in [0.3, 0.4) is 0 Å². The Kier molecular flexibility index (Phi) is 7.20. The number of hydrogen-bond donors (Lipinski definition) is 1. The Morgan fingerprint density at radius 1 is 0.972 bits per heavy atom. The highest BCUT2D eigenvalue weighted by molar-refractivity contribution is 6.30. The number of halogens is 2. The molecule has 2 aromatic carbocycles. The van der Waals surface area contributed by atoms with Gasteiger partial charge in [-0.1, -0.05) is 42.8 Å². The molecule has 1 aliphatic rings. The van der Waals surface area contributed by atoms with Gasteiger partial charge in [0.15, 0.2) is 0 Å². The van der Waals surface area contributed by atoms with E-state index in [0.717, 1.165) is 49.5 Å². The SMILES string of the molecule is CCc1nc2ccc(Cl)cn2c1C(=O)NCc1ccc(N2CCN(Cc3ccc(F)cc3)CC2)cc1. The maximum atomic E-state index is 13.1. The molecule has 0 saturated carbocycles. The van der Waals surface area contributed by atoms with Gasteiger partial charge in [0.05, 0.1) is 10.7 Å². The second-order valence-corrected chi connectivity index (χ2v) is 9.51. The summed E-state index contributed by atoms with van der Waals surface area (Å²) in [5, 5.41) is 3.59. The van der Waals surface area contributed by atoms with Crippen molar-refractivity contribution < 1.29 is 9.18 Å². The van der Waals surface area contributed by atoms with E-state index in [1.807, 2.05) is 25.1 Å². The number of fused-ring (bicyclic) bond motifs is 1. The van der Waals surface area contributed by atoms with E-state index in [9.17, 15) is 9.18 Å². The van der Waals surface area contributed by atoms with Gasteiger partial charge in [0.2, 0.25) is 0 Å². The molecule has 5 rings (SSSR count). The highest BCUT2D eigenvalue weighted by atomic mass is 35.5. The van der Waals surface area contributed by atoms with Crippen molar-refractivity contribution in [1.82, 2.24) is 19.6 Å². The first-order valence-electron chi connectivity index (χ1n) is 12.3. The summed E-state index contributed by atoms with van der Waals surface area (Å²) in [6, 6.07) is 18.7. The first-order valence-corrected chi connectivity index (χ1v) is 12.6. The average Bonchev–Trinajstić information content (AvgIpc) is 3.27. The van der Waals surface area contributed by atoms with Crippen LogP contribution in [0.1, 0.15) is 34.2 Å². The summed E-state index contributed by atoms with van der Waals surface area (Å²) >= 11 is 6.15. The number of pyridine rings is 1. The Bertz CT molecular complexity index is 1350. The average molecular weight is 506 g/mol. The molecule has 1 fully saturated rings. The van der Waals surface area contributed by atoms with Crippen molar-refractivity contribution in [2.45, 2.75) is 26.4 Å². The minimum absolute atomic E-state index is 0.164. The molecule has 1 aliphatic heterocycles. The molecule has 36 heavy (non-hydrogen) atoms. The van der Waals surface area contributed by atoms with Gasteiger partial charge < -0.3 is 10.2 Å². The predicted molar refractivity (Wildman–Crippen MR) is 141 cm³/mol. The number of aryl methyl sites for hydroxylation is 1. The van der Waals surface area contributed by atoms with Crippen LogP contribution in [-0.4, -0.2) is 46.4 Å². The van der Waals surface area contributed by atoms with Crippen LogP contribution >= 0.6 is 11.6 Å². The summed E-state index contributed by atoms with van der Waals surface area (Å²) in [5.74, 6) is -0.361. The van der Waals surface area contributed by atoms with E-state index in [2.05, 4.69) is 44.4 Å². The molecule has 0 radical (unpaired) electrons. The third-order valence-electron chi connectivity index (χ3n) is 6.65. The molecule has 1 N–H and O–H groups in total. The largest absolute Gasteiger partial charge is 0.369 e. The number of imidazole rings is 1. The number of anilines is 1. The molecule has 186 valence electrons. The molecule has 0 atom stereocenters. The van der Waals surface area contributed by atoms with Gasteiger partial charge in [-0.05, 0) is 53.9 Å². The minimum atomic E-state index is -0.197. The predicted octanol–water partition coefficient (Wildman–Crippen LogP) is 4.94. The molecule has 1 saturated heterocycles. The van der Waals surface area contributed by atoms with Gasteiger partial charge in [-0.3, -0.25) is 14.1 Å². The van der Waals surface area contributed by atoms with E-state index in [-0.39, 0.29) is 11.7 Å². The van der Waals surface area contributed by atoms with Crippen LogP contribution in [-0.2, 0) is 19.5 Å². The van der Waals surface area contributed by atoms with Crippen molar-refractivity contribution >= 4 is 28.8 Å². The van der Waals surface area contributed by atoms with Crippen LogP contribution in [0, 0.1) is 5.82 Å². The first-order chi connectivity index (χ1) is 17.5. The number of piperazine rings is 1. The number of carbonyl (C=O) groups excluding carboxylic acids is 1. The monoisotopic (exact) mass is 505 g/mol. The summed E-state index contributed by atoms with van der Waals surface area (Å²) in [7, 11) is 0. The van der Waals surface area contributed by atoms with Gasteiger partial charge in [-0.25, -0.2) is 9.37 Å². The summed E-state index contributed by atoms with van der Waals surface area (Å²) in [4.78, 5) is 22.4. The van der Waals surface area contributed by atoms with Crippen LogP contribution in [0.5, 0.6) is 0 Å². The highest BCUT2D eigenvalue weighted by Gasteiger charge is 2.19. The lowest BCUT2D eigenvalue weighted by atomic mass is 10.1. The van der Waals surface area contributed by atoms with E-state index < -0.39 is 0 Å². The van der Waals surface area contributed by atoms with Gasteiger partial charge in [-0.2, -0.15) is 0 Å². The molecule has 8 heteroatoms. The number of nitrogens with zero attached hydrogens (tertiary/aromatic N) is 4. The fraction of sp³-hybridized carbons (Fsp3) is 0.286. The van der Waals surface area contributed by atoms with E-state index in [1.165, 1.54) is 17.8 Å². The van der Waals surface area contributed by atoms with E-state index in [4.69, 9.17) is 11.6 Å². The Morgan fingerprint density at radius 2 is 1.67 bits per heavy atom. The molecule has 3 heterocycles. The number of amides is 1. The first kappa shape index (κ1) is 24.3. The molecule has 2 aromatic heterocycles. The zero-order valence-corrected chi connectivity index (χ0v) is 21.0. The van der Waals surface area contributed by atoms with Gasteiger partial charge in [0, 0.05) is 51.2 Å². The Morgan fingerprint density at radius 3 is 2.36 bits per heavy atom. The maximum Gasteiger partial charge on any atom is 0.270 e.